The molecule has 0 bridgehead atoms. The molecule has 0 amide bonds. The van der Waals surface area contributed by atoms with Gasteiger partial charge in [0.25, 0.3) is 0 Å². The van der Waals surface area contributed by atoms with Crippen molar-refractivity contribution in [3.63, 3.8) is 0 Å². The fourth-order valence-electron chi connectivity index (χ4n) is 3.81. The van der Waals surface area contributed by atoms with Crippen LogP contribution >= 0.6 is 0 Å². The molecule has 0 atom stereocenters. The second kappa shape index (κ2) is 21.5. The Labute approximate surface area is 234 Å². The molecule has 1 aromatic carbocycles. The zero-order valence-corrected chi connectivity index (χ0v) is 23.4. The molecule has 0 aromatic heterocycles. The Hall–Kier alpha value is -3.41. The highest BCUT2D eigenvalue weighted by Gasteiger charge is 2.05. The minimum Gasteiger partial charge on any atom is -0.494 e. The van der Waals surface area contributed by atoms with Crippen molar-refractivity contribution in [2.45, 2.75) is 77.0 Å². The summed E-state index contributed by atoms with van der Waals surface area (Å²) >= 11 is 0. The van der Waals surface area contributed by atoms with Crippen molar-refractivity contribution >= 4 is 17.5 Å². The predicted octanol–water partition coefficient (Wildman–Crippen LogP) is 8.22. The fraction of sp³-hybridized carbons (Fsp3) is 0.455. The average Bonchev–Trinajstić information content (AvgIpc) is 2.94. The first-order valence-electron chi connectivity index (χ1n) is 13.9. The Morgan fingerprint density at radius 3 is 1.69 bits per heavy atom. The molecule has 0 saturated carbocycles. The van der Waals surface area contributed by atoms with E-state index < -0.39 is 0 Å². The van der Waals surface area contributed by atoms with Gasteiger partial charge < -0.3 is 14.2 Å². The zero-order chi connectivity index (χ0) is 28.7. The normalized spacial score (nSPS) is 10.7. The summed E-state index contributed by atoms with van der Waals surface area (Å²) in [5, 5.41) is 0. The Bertz CT molecular complexity index is 963. The minimum absolute atomic E-state index is 0.216. The molecule has 5 nitrogen and oxygen atoms in total. The molecule has 214 valence electrons. The number of aryl methyl sites for hydroxylation is 1. The maximum Gasteiger partial charge on any atom is 0.330 e. The van der Waals surface area contributed by atoms with Gasteiger partial charge in [0.2, 0.25) is 0 Å². The molecule has 1 aromatic rings. The average molecular weight is 541 g/mol. The van der Waals surface area contributed by atoms with Crippen LogP contribution in [0, 0.1) is 5.82 Å². The van der Waals surface area contributed by atoms with Crippen molar-refractivity contribution in [2.24, 2.45) is 0 Å². The first-order chi connectivity index (χ1) is 18.9. The highest BCUT2D eigenvalue weighted by molar-refractivity contribution is 5.81. The number of carbonyl (C=O) groups excluding carboxylic acids is 2. The molecule has 0 radical (unpaired) electrons. The predicted molar refractivity (Wildman–Crippen MR) is 156 cm³/mol. The number of unbranched alkanes of at least 4 members (excludes halogenated alkanes) is 9. The van der Waals surface area contributed by atoms with Gasteiger partial charge in [0, 0.05) is 12.2 Å². The van der Waals surface area contributed by atoms with E-state index in [9.17, 15) is 14.0 Å². The molecule has 0 aliphatic heterocycles. The third-order valence-corrected chi connectivity index (χ3v) is 6.13. The number of halogens is 1. The second-order valence-electron chi connectivity index (χ2n) is 9.36. The van der Waals surface area contributed by atoms with Crippen molar-refractivity contribution in [1.29, 1.82) is 0 Å². The van der Waals surface area contributed by atoms with Crippen molar-refractivity contribution < 1.29 is 28.2 Å². The molecule has 0 aliphatic rings. The topological polar surface area (TPSA) is 61.8 Å². The third-order valence-electron chi connectivity index (χ3n) is 6.13. The number of ether oxygens (including phenoxy) is 3. The van der Waals surface area contributed by atoms with E-state index in [1.807, 2.05) is 12.1 Å². The van der Waals surface area contributed by atoms with E-state index in [-0.39, 0.29) is 17.8 Å². The summed E-state index contributed by atoms with van der Waals surface area (Å²) in [5.74, 6) is -0.418. The monoisotopic (exact) mass is 540 g/mol. The van der Waals surface area contributed by atoms with Crippen LogP contribution in [-0.2, 0) is 30.2 Å². The first kappa shape index (κ1) is 33.6. The van der Waals surface area contributed by atoms with Crippen molar-refractivity contribution in [3.05, 3.63) is 91.5 Å². The molecule has 39 heavy (non-hydrogen) atoms. The van der Waals surface area contributed by atoms with E-state index >= 15 is 0 Å². The number of allylic oxidation sites excluding steroid dienone is 3. The minimum atomic E-state index is -0.386. The number of carbonyl (C=O) groups is 2. The Balaban J connectivity index is 2.18. The Morgan fingerprint density at radius 2 is 1.18 bits per heavy atom. The van der Waals surface area contributed by atoms with Crippen molar-refractivity contribution in [3.8, 4) is 0 Å². The van der Waals surface area contributed by atoms with Gasteiger partial charge >= 0.3 is 11.9 Å². The number of hydrogen-bond donors (Lipinski definition) is 0. The van der Waals surface area contributed by atoms with Crippen molar-refractivity contribution in [2.75, 3.05) is 19.8 Å². The van der Waals surface area contributed by atoms with Crippen LogP contribution < -0.4 is 0 Å². The summed E-state index contributed by atoms with van der Waals surface area (Å²) in [7, 11) is 0. The van der Waals surface area contributed by atoms with E-state index in [1.165, 1.54) is 18.2 Å². The van der Waals surface area contributed by atoms with Gasteiger partial charge in [0.15, 0.2) is 0 Å². The molecule has 1 rings (SSSR count). The molecule has 0 saturated heterocycles. The van der Waals surface area contributed by atoms with E-state index in [4.69, 9.17) is 14.2 Å². The number of hydrogen-bond acceptors (Lipinski definition) is 5. The van der Waals surface area contributed by atoms with Crippen LogP contribution in [0.15, 0.2) is 74.6 Å². The van der Waals surface area contributed by atoms with Gasteiger partial charge in [-0.3, -0.25) is 0 Å². The largest absolute Gasteiger partial charge is 0.494 e. The number of rotatable bonds is 23. The molecule has 6 heteroatoms. The molecule has 0 fully saturated rings. The molecule has 0 unspecified atom stereocenters. The SMILES string of the molecule is C=CC(=O)OCCCCCCCCOC(=C)/C=C\C(=C)c1ccc(CCCCCCCOC(=O)C=C)c(F)c1. The summed E-state index contributed by atoms with van der Waals surface area (Å²) in [5.41, 5.74) is 2.13. The molecule has 0 N–H and O–H groups in total. The van der Waals surface area contributed by atoms with Crippen LogP contribution in [0.1, 0.15) is 81.8 Å². The van der Waals surface area contributed by atoms with Gasteiger partial charge in [-0.1, -0.05) is 89.5 Å². The highest BCUT2D eigenvalue weighted by atomic mass is 19.1. The highest BCUT2D eigenvalue weighted by Crippen LogP contribution is 2.20. The summed E-state index contributed by atoms with van der Waals surface area (Å²) in [6, 6.07) is 5.26. The molecule has 0 spiro atoms. The van der Waals surface area contributed by atoms with Gasteiger partial charge in [-0.15, -0.1) is 0 Å². The molecular weight excluding hydrogens is 495 g/mol. The lowest BCUT2D eigenvalue weighted by molar-refractivity contribution is -0.138. The van der Waals surface area contributed by atoms with Gasteiger partial charge in [-0.05, 0) is 60.9 Å². The van der Waals surface area contributed by atoms with E-state index in [0.29, 0.717) is 43.1 Å². The first-order valence-corrected chi connectivity index (χ1v) is 13.9. The standard InChI is InChI=1S/C33H45FO5/c1-5-32(35)38-24-16-12-8-7-11-15-23-37-28(4)20-19-27(3)30-22-21-29(31(34)26-30)18-14-10-9-13-17-25-39-33(36)6-2/h5-6,19-22,26H,1-4,7-18,23-25H2/b20-19-. The summed E-state index contributed by atoms with van der Waals surface area (Å²) < 4.78 is 30.2. The molecule has 0 heterocycles. The van der Waals surface area contributed by atoms with E-state index in [1.54, 1.807) is 12.2 Å². The molecular formula is C33H45FO5. The van der Waals surface area contributed by atoms with Crippen LogP contribution in [0.5, 0.6) is 0 Å². The van der Waals surface area contributed by atoms with Crippen LogP contribution in [0.4, 0.5) is 4.39 Å². The van der Waals surface area contributed by atoms with Crippen LogP contribution in [0.25, 0.3) is 5.57 Å². The smallest absolute Gasteiger partial charge is 0.330 e. The lowest BCUT2D eigenvalue weighted by Gasteiger charge is -2.08. The van der Waals surface area contributed by atoms with Gasteiger partial charge in [0.05, 0.1) is 19.8 Å². The van der Waals surface area contributed by atoms with Crippen molar-refractivity contribution in [1.82, 2.24) is 0 Å². The van der Waals surface area contributed by atoms with Crippen LogP contribution in [-0.4, -0.2) is 31.8 Å². The van der Waals surface area contributed by atoms with Gasteiger partial charge in [-0.2, -0.15) is 0 Å². The quantitative estimate of drug-likeness (QED) is 0.0460. The molecule has 0 aliphatic carbocycles. The fourth-order valence-corrected chi connectivity index (χ4v) is 3.81. The lowest BCUT2D eigenvalue weighted by atomic mass is 10.0. The summed E-state index contributed by atoms with van der Waals surface area (Å²) in [4.78, 5) is 21.9. The maximum atomic E-state index is 14.6. The third kappa shape index (κ3) is 16.9. The maximum absolute atomic E-state index is 14.6. The second-order valence-corrected chi connectivity index (χ2v) is 9.36. The van der Waals surface area contributed by atoms with Crippen LogP contribution in [0.2, 0.25) is 0 Å². The zero-order valence-electron chi connectivity index (χ0n) is 23.4. The van der Waals surface area contributed by atoms with E-state index in [2.05, 4.69) is 26.3 Å². The Morgan fingerprint density at radius 1 is 0.692 bits per heavy atom. The summed E-state index contributed by atoms with van der Waals surface area (Å²) in [6.45, 7) is 16.2. The van der Waals surface area contributed by atoms with E-state index in [0.717, 1.165) is 76.2 Å². The number of benzene rings is 1. The van der Waals surface area contributed by atoms with Gasteiger partial charge in [0.1, 0.15) is 11.6 Å². The Kier molecular flexibility index (Phi) is 18.5. The number of esters is 2. The summed E-state index contributed by atoms with van der Waals surface area (Å²) in [6.07, 6.45) is 17.4. The lowest BCUT2D eigenvalue weighted by Crippen LogP contribution is -2.01. The van der Waals surface area contributed by atoms with Gasteiger partial charge in [-0.25, -0.2) is 14.0 Å². The van der Waals surface area contributed by atoms with Crippen LogP contribution in [0.3, 0.4) is 0 Å².